The van der Waals surface area contributed by atoms with Gasteiger partial charge in [0, 0.05) is 25.0 Å². The molecule has 1 saturated carbocycles. The van der Waals surface area contributed by atoms with E-state index >= 15 is 0 Å². The van der Waals surface area contributed by atoms with E-state index in [2.05, 4.69) is 19.9 Å². The minimum absolute atomic E-state index is 0.719. The fourth-order valence-electron chi connectivity index (χ4n) is 4.10. The van der Waals surface area contributed by atoms with Crippen molar-refractivity contribution in [3.05, 3.63) is 5.69 Å². The molecule has 3 aliphatic heterocycles. The Bertz CT molecular complexity index is 389. The zero-order valence-corrected chi connectivity index (χ0v) is 10.9. The van der Waals surface area contributed by atoms with Crippen LogP contribution in [0, 0.1) is 11.8 Å². The molecule has 0 N–H and O–H groups in total. The Morgan fingerprint density at radius 3 is 2.62 bits per heavy atom. The number of thioether (sulfide) groups is 1. The highest BCUT2D eigenvalue weighted by Crippen LogP contribution is 2.54. The average Bonchev–Trinajstić information content (AvgIpc) is 2.92. The summed E-state index contributed by atoms with van der Waals surface area (Å²) in [5, 5.41) is 1.19. The summed E-state index contributed by atoms with van der Waals surface area (Å²) in [4.78, 5) is 2.70. The first-order valence-electron chi connectivity index (χ1n) is 5.97. The maximum Gasteiger partial charge on any atom is 0.133 e. The summed E-state index contributed by atoms with van der Waals surface area (Å²) in [5.41, 5.74) is 1.33. The molecule has 0 spiro atoms. The topological polar surface area (TPSA) is 29.0 Å². The molecule has 0 amide bonds. The fraction of sp³-hybridized carbons (Fsp3) is 0.818. The second kappa shape index (κ2) is 3.43. The van der Waals surface area contributed by atoms with Crippen LogP contribution >= 0.6 is 23.5 Å². The minimum atomic E-state index is 0.719. The molecule has 4 bridgehead atoms. The first-order valence-corrected chi connectivity index (χ1v) is 7.93. The summed E-state index contributed by atoms with van der Waals surface area (Å²) in [6.07, 6.45) is 4.94. The van der Waals surface area contributed by atoms with Crippen molar-refractivity contribution >= 4 is 23.5 Å². The standard InChI is InChI=1S/C11H15N3S2/c1-15-11-10(12-16-13-11)9-6-2-8-3-7(9)5-14(8)4-6/h6-9H,2-5H2,1H3. The molecule has 4 fully saturated rings. The Morgan fingerprint density at radius 1 is 1.25 bits per heavy atom. The fourth-order valence-corrected chi connectivity index (χ4v) is 5.45. The predicted octanol–water partition coefficient (Wildman–Crippen LogP) is 2.07. The van der Waals surface area contributed by atoms with E-state index < -0.39 is 0 Å². The molecule has 5 heteroatoms. The number of hydrogen-bond acceptors (Lipinski definition) is 5. The summed E-state index contributed by atoms with van der Waals surface area (Å²) in [6, 6.07) is 0.913. The molecular formula is C11H15N3S2. The van der Waals surface area contributed by atoms with Crippen molar-refractivity contribution in [2.45, 2.75) is 29.8 Å². The van der Waals surface area contributed by atoms with Gasteiger partial charge in [0.15, 0.2) is 0 Å². The van der Waals surface area contributed by atoms with Crippen molar-refractivity contribution in [3.63, 3.8) is 0 Å². The maximum atomic E-state index is 4.59. The highest BCUT2D eigenvalue weighted by Gasteiger charge is 2.53. The van der Waals surface area contributed by atoms with Crippen LogP contribution in [0.1, 0.15) is 24.5 Å². The van der Waals surface area contributed by atoms with E-state index in [4.69, 9.17) is 0 Å². The lowest BCUT2D eigenvalue weighted by Gasteiger charge is -2.34. The van der Waals surface area contributed by atoms with Crippen LogP contribution < -0.4 is 0 Å². The first-order chi connectivity index (χ1) is 7.86. The van der Waals surface area contributed by atoms with Gasteiger partial charge >= 0.3 is 0 Å². The molecule has 16 heavy (non-hydrogen) atoms. The van der Waals surface area contributed by atoms with Crippen LogP contribution in [-0.2, 0) is 0 Å². The van der Waals surface area contributed by atoms with E-state index in [1.807, 2.05) is 0 Å². The number of piperidine rings is 1. The Labute approximate surface area is 104 Å². The molecule has 3 nitrogen and oxygen atoms in total. The van der Waals surface area contributed by atoms with Crippen molar-refractivity contribution in [1.29, 1.82) is 0 Å². The van der Waals surface area contributed by atoms with Crippen molar-refractivity contribution < 1.29 is 0 Å². The van der Waals surface area contributed by atoms with Crippen molar-refractivity contribution in [2.75, 3.05) is 19.3 Å². The van der Waals surface area contributed by atoms with Gasteiger partial charge in [-0.15, -0.1) is 11.8 Å². The molecular weight excluding hydrogens is 238 g/mol. The lowest BCUT2D eigenvalue weighted by atomic mass is 9.72. The van der Waals surface area contributed by atoms with E-state index in [0.717, 1.165) is 23.8 Å². The second-order valence-corrected chi connectivity index (χ2v) is 6.61. The smallest absolute Gasteiger partial charge is 0.133 e. The molecule has 4 heterocycles. The number of rotatable bonds is 2. The Kier molecular flexibility index (Phi) is 2.11. The number of hydrogen-bond donors (Lipinski definition) is 0. The SMILES string of the molecule is CSc1nsnc1C1C2CC3CC1CN3C2. The zero-order chi connectivity index (χ0) is 10.7. The van der Waals surface area contributed by atoms with Gasteiger partial charge in [-0.1, -0.05) is 0 Å². The van der Waals surface area contributed by atoms with Gasteiger partial charge in [0.1, 0.15) is 5.03 Å². The van der Waals surface area contributed by atoms with E-state index in [-0.39, 0.29) is 0 Å². The minimum Gasteiger partial charge on any atom is -0.300 e. The quantitative estimate of drug-likeness (QED) is 0.755. The molecule has 0 aromatic carbocycles. The van der Waals surface area contributed by atoms with Gasteiger partial charge in [-0.25, -0.2) is 0 Å². The van der Waals surface area contributed by atoms with Crippen LogP contribution in [-0.4, -0.2) is 39.0 Å². The summed E-state index contributed by atoms with van der Waals surface area (Å²) in [7, 11) is 0. The summed E-state index contributed by atoms with van der Waals surface area (Å²) in [6.45, 7) is 2.63. The van der Waals surface area contributed by atoms with Crippen LogP contribution in [0.3, 0.4) is 0 Å². The van der Waals surface area contributed by atoms with Gasteiger partial charge in [0.05, 0.1) is 17.4 Å². The van der Waals surface area contributed by atoms with Gasteiger partial charge < -0.3 is 0 Å². The lowest BCUT2D eigenvalue weighted by molar-refractivity contribution is 0.217. The highest BCUT2D eigenvalue weighted by molar-refractivity contribution is 7.98. The summed E-state index contributed by atoms with van der Waals surface area (Å²) >= 11 is 3.16. The molecule has 1 aliphatic carbocycles. The third-order valence-corrected chi connectivity index (χ3v) is 5.96. The van der Waals surface area contributed by atoms with Gasteiger partial charge in [-0.2, -0.15) is 8.75 Å². The van der Waals surface area contributed by atoms with Gasteiger partial charge in [-0.05, 0) is 30.9 Å². The molecule has 2 unspecified atom stereocenters. The molecule has 0 radical (unpaired) electrons. The zero-order valence-electron chi connectivity index (χ0n) is 9.30. The third kappa shape index (κ3) is 1.19. The molecule has 1 aromatic rings. The molecule has 5 rings (SSSR count). The van der Waals surface area contributed by atoms with E-state index in [0.29, 0.717) is 0 Å². The van der Waals surface area contributed by atoms with E-state index in [9.17, 15) is 0 Å². The van der Waals surface area contributed by atoms with Crippen LogP contribution in [0.2, 0.25) is 0 Å². The van der Waals surface area contributed by atoms with E-state index in [1.54, 1.807) is 11.8 Å². The van der Waals surface area contributed by atoms with Gasteiger partial charge in [0.2, 0.25) is 0 Å². The largest absolute Gasteiger partial charge is 0.300 e. The average molecular weight is 253 g/mol. The van der Waals surface area contributed by atoms with Crippen LogP contribution in [0.5, 0.6) is 0 Å². The number of nitrogens with zero attached hydrogens (tertiary/aromatic N) is 3. The maximum absolute atomic E-state index is 4.59. The highest BCUT2D eigenvalue weighted by atomic mass is 32.2. The Balaban J connectivity index is 1.73. The monoisotopic (exact) mass is 253 g/mol. The van der Waals surface area contributed by atoms with Crippen LogP contribution in [0.25, 0.3) is 0 Å². The Morgan fingerprint density at radius 2 is 2.00 bits per heavy atom. The second-order valence-electron chi connectivity index (χ2n) is 5.28. The van der Waals surface area contributed by atoms with Crippen molar-refractivity contribution in [3.8, 4) is 0 Å². The number of aromatic nitrogens is 2. The molecule has 4 aliphatic rings. The van der Waals surface area contributed by atoms with Crippen molar-refractivity contribution in [1.82, 2.24) is 13.6 Å². The lowest BCUT2D eigenvalue weighted by Crippen LogP contribution is -2.34. The van der Waals surface area contributed by atoms with E-state index in [1.165, 1.54) is 48.4 Å². The normalized spacial score (nSPS) is 44.4. The van der Waals surface area contributed by atoms with Gasteiger partial charge in [-0.3, -0.25) is 4.90 Å². The summed E-state index contributed by atoms with van der Waals surface area (Å²) < 4.78 is 9.02. The Hall–Kier alpha value is -0.130. The van der Waals surface area contributed by atoms with Crippen LogP contribution in [0.15, 0.2) is 5.03 Å². The predicted molar refractivity (Wildman–Crippen MR) is 66.0 cm³/mol. The molecule has 2 atom stereocenters. The molecule has 3 saturated heterocycles. The molecule has 86 valence electrons. The molecule has 1 aromatic heterocycles. The van der Waals surface area contributed by atoms with Crippen molar-refractivity contribution in [2.24, 2.45) is 11.8 Å². The first kappa shape index (κ1) is 9.85. The third-order valence-electron chi connectivity index (χ3n) is 4.61. The van der Waals surface area contributed by atoms with Gasteiger partial charge in [0.25, 0.3) is 0 Å². The van der Waals surface area contributed by atoms with Crippen LogP contribution in [0.4, 0.5) is 0 Å². The summed E-state index contributed by atoms with van der Waals surface area (Å²) in [5.74, 6) is 2.45.